The normalized spacial score (nSPS) is 10.5. The molecule has 0 saturated carbocycles. The average molecular weight is 392 g/mol. The molecule has 0 bridgehead atoms. The molecule has 0 fully saturated rings. The Morgan fingerprint density at radius 1 is 0.893 bits per heavy atom. The third-order valence-corrected chi connectivity index (χ3v) is 4.09. The van der Waals surface area contributed by atoms with Gasteiger partial charge in [0, 0.05) is 10.6 Å². The lowest BCUT2D eigenvalue weighted by Gasteiger charge is -2.10. The summed E-state index contributed by atoms with van der Waals surface area (Å²) in [6.07, 6.45) is 0. The van der Waals surface area contributed by atoms with Crippen LogP contribution < -0.4 is 10.1 Å². The van der Waals surface area contributed by atoms with Gasteiger partial charge in [0.15, 0.2) is 0 Å². The van der Waals surface area contributed by atoms with Crippen LogP contribution in [0.25, 0.3) is 11.5 Å². The molecule has 4 aromatic rings. The van der Waals surface area contributed by atoms with Crippen molar-refractivity contribution in [3.63, 3.8) is 0 Å². The summed E-state index contributed by atoms with van der Waals surface area (Å²) in [7, 11) is 0. The first-order valence-corrected chi connectivity index (χ1v) is 8.79. The van der Waals surface area contributed by atoms with Crippen molar-refractivity contribution in [3.8, 4) is 23.0 Å². The molecule has 0 spiro atoms. The maximum absolute atomic E-state index is 12.7. The standard InChI is InChI=1S/C21H14ClN3O3/c22-15-12-10-14(11-13-15)20-24-25-21(28-20)23-19(26)17-8-4-5-9-18(17)27-16-6-2-1-3-7-16/h1-13H,(H,23,25,26). The number of nitrogens with zero attached hydrogens (tertiary/aromatic N) is 2. The Bertz CT molecular complexity index is 1100. The molecule has 0 saturated heterocycles. The number of carbonyl (C=O) groups excluding carboxylic acids is 1. The molecule has 0 aliphatic carbocycles. The van der Waals surface area contributed by atoms with E-state index in [4.69, 9.17) is 20.8 Å². The molecule has 1 amide bonds. The molecule has 6 nitrogen and oxygen atoms in total. The summed E-state index contributed by atoms with van der Waals surface area (Å²) in [6, 6.07) is 23.1. The van der Waals surface area contributed by atoms with Gasteiger partial charge in [0.05, 0.1) is 5.56 Å². The first kappa shape index (κ1) is 17.8. The average Bonchev–Trinajstić information content (AvgIpc) is 3.18. The fourth-order valence-corrected chi connectivity index (χ4v) is 2.63. The van der Waals surface area contributed by atoms with Crippen molar-refractivity contribution in [2.75, 3.05) is 5.32 Å². The smallest absolute Gasteiger partial charge is 0.322 e. The second-order valence-electron chi connectivity index (χ2n) is 5.78. The number of amides is 1. The van der Waals surface area contributed by atoms with Crippen LogP contribution >= 0.6 is 11.6 Å². The van der Waals surface area contributed by atoms with Gasteiger partial charge in [-0.05, 0) is 48.5 Å². The Hall–Kier alpha value is -3.64. The molecule has 3 aromatic carbocycles. The minimum atomic E-state index is -0.419. The molecule has 0 aliphatic heterocycles. The van der Waals surface area contributed by atoms with Crippen LogP contribution in [0.4, 0.5) is 6.01 Å². The minimum Gasteiger partial charge on any atom is -0.457 e. The van der Waals surface area contributed by atoms with Crippen molar-refractivity contribution in [3.05, 3.63) is 89.4 Å². The number of aromatic nitrogens is 2. The zero-order valence-electron chi connectivity index (χ0n) is 14.5. The molecule has 4 rings (SSSR count). The Labute approximate surface area is 165 Å². The highest BCUT2D eigenvalue weighted by Crippen LogP contribution is 2.26. The van der Waals surface area contributed by atoms with Gasteiger partial charge in [-0.1, -0.05) is 47.0 Å². The Morgan fingerprint density at radius 3 is 2.39 bits per heavy atom. The number of rotatable bonds is 5. The van der Waals surface area contributed by atoms with Crippen molar-refractivity contribution >= 4 is 23.5 Å². The van der Waals surface area contributed by atoms with Crippen LogP contribution in [-0.2, 0) is 0 Å². The number of benzene rings is 3. The summed E-state index contributed by atoms with van der Waals surface area (Å²) < 4.78 is 11.3. The van der Waals surface area contributed by atoms with E-state index in [0.29, 0.717) is 27.6 Å². The molecule has 0 radical (unpaired) electrons. The van der Waals surface area contributed by atoms with E-state index in [0.717, 1.165) is 0 Å². The maximum atomic E-state index is 12.7. The zero-order valence-corrected chi connectivity index (χ0v) is 15.3. The van der Waals surface area contributed by atoms with E-state index in [-0.39, 0.29) is 11.9 Å². The van der Waals surface area contributed by atoms with Gasteiger partial charge in [-0.25, -0.2) is 0 Å². The van der Waals surface area contributed by atoms with E-state index in [1.165, 1.54) is 0 Å². The summed E-state index contributed by atoms with van der Waals surface area (Å²) in [5.41, 5.74) is 1.04. The molecule has 0 unspecified atom stereocenters. The van der Waals surface area contributed by atoms with E-state index in [1.54, 1.807) is 48.5 Å². The van der Waals surface area contributed by atoms with Crippen LogP contribution in [0, 0.1) is 0 Å². The molecule has 1 heterocycles. The van der Waals surface area contributed by atoms with Gasteiger partial charge in [0.2, 0.25) is 5.89 Å². The topological polar surface area (TPSA) is 77.3 Å². The fraction of sp³-hybridized carbons (Fsp3) is 0. The van der Waals surface area contributed by atoms with Gasteiger partial charge in [-0.15, -0.1) is 5.10 Å². The lowest BCUT2D eigenvalue weighted by molar-refractivity contribution is 0.102. The van der Waals surface area contributed by atoms with Gasteiger partial charge in [0.25, 0.3) is 5.91 Å². The molecule has 0 atom stereocenters. The fourth-order valence-electron chi connectivity index (χ4n) is 2.51. The predicted molar refractivity (Wildman–Crippen MR) is 106 cm³/mol. The highest BCUT2D eigenvalue weighted by atomic mass is 35.5. The third kappa shape index (κ3) is 4.02. The summed E-state index contributed by atoms with van der Waals surface area (Å²) in [5.74, 6) is 0.910. The number of ether oxygens (including phenoxy) is 1. The predicted octanol–water partition coefficient (Wildman–Crippen LogP) is 5.43. The van der Waals surface area contributed by atoms with Crippen LogP contribution in [0.5, 0.6) is 11.5 Å². The summed E-state index contributed by atoms with van der Waals surface area (Å²) in [4.78, 5) is 12.7. The van der Waals surface area contributed by atoms with Gasteiger partial charge in [-0.3, -0.25) is 10.1 Å². The van der Waals surface area contributed by atoms with Crippen molar-refractivity contribution in [2.45, 2.75) is 0 Å². The first-order chi connectivity index (χ1) is 13.7. The number of carbonyl (C=O) groups is 1. The molecular weight excluding hydrogens is 378 g/mol. The quantitative estimate of drug-likeness (QED) is 0.490. The molecular formula is C21H14ClN3O3. The molecule has 7 heteroatoms. The second-order valence-corrected chi connectivity index (χ2v) is 6.22. The zero-order chi connectivity index (χ0) is 19.3. The minimum absolute atomic E-state index is 0.00976. The van der Waals surface area contributed by atoms with Gasteiger partial charge >= 0.3 is 6.01 Å². The number of anilines is 1. The van der Waals surface area contributed by atoms with E-state index in [9.17, 15) is 4.79 Å². The van der Waals surface area contributed by atoms with Gasteiger partial charge < -0.3 is 9.15 Å². The second kappa shape index (κ2) is 7.94. The lowest BCUT2D eigenvalue weighted by atomic mass is 10.2. The van der Waals surface area contributed by atoms with E-state index >= 15 is 0 Å². The molecule has 138 valence electrons. The van der Waals surface area contributed by atoms with Gasteiger partial charge in [0.1, 0.15) is 11.5 Å². The maximum Gasteiger partial charge on any atom is 0.322 e. The number of hydrogen-bond acceptors (Lipinski definition) is 5. The Kier molecular flexibility index (Phi) is 5.03. The number of nitrogens with one attached hydrogen (secondary N) is 1. The monoisotopic (exact) mass is 391 g/mol. The number of para-hydroxylation sites is 2. The highest BCUT2D eigenvalue weighted by molar-refractivity contribution is 6.30. The van der Waals surface area contributed by atoms with Crippen molar-refractivity contribution in [1.29, 1.82) is 0 Å². The summed E-state index contributed by atoms with van der Waals surface area (Å²) >= 11 is 5.88. The molecule has 1 aromatic heterocycles. The van der Waals surface area contributed by atoms with Crippen molar-refractivity contribution in [2.24, 2.45) is 0 Å². The van der Waals surface area contributed by atoms with E-state index in [1.807, 2.05) is 30.3 Å². The summed E-state index contributed by atoms with van der Waals surface area (Å²) in [5, 5.41) is 11.0. The SMILES string of the molecule is O=C(Nc1nnc(-c2ccc(Cl)cc2)o1)c1ccccc1Oc1ccccc1. The van der Waals surface area contributed by atoms with Crippen LogP contribution in [0.1, 0.15) is 10.4 Å². The number of halogens is 1. The first-order valence-electron chi connectivity index (χ1n) is 8.42. The van der Waals surface area contributed by atoms with Crippen LogP contribution in [0.3, 0.4) is 0 Å². The van der Waals surface area contributed by atoms with Gasteiger partial charge in [-0.2, -0.15) is 0 Å². The molecule has 0 aliphatic rings. The summed E-state index contributed by atoms with van der Waals surface area (Å²) in [6.45, 7) is 0. The van der Waals surface area contributed by atoms with Crippen molar-refractivity contribution in [1.82, 2.24) is 10.2 Å². The number of hydrogen-bond donors (Lipinski definition) is 1. The van der Waals surface area contributed by atoms with Crippen molar-refractivity contribution < 1.29 is 13.9 Å². The van der Waals surface area contributed by atoms with E-state index < -0.39 is 5.91 Å². The lowest BCUT2D eigenvalue weighted by Crippen LogP contribution is -2.13. The Balaban J connectivity index is 1.52. The van der Waals surface area contributed by atoms with Crippen LogP contribution in [-0.4, -0.2) is 16.1 Å². The highest BCUT2D eigenvalue weighted by Gasteiger charge is 2.16. The largest absolute Gasteiger partial charge is 0.457 e. The van der Waals surface area contributed by atoms with Crippen LogP contribution in [0.15, 0.2) is 83.3 Å². The Morgan fingerprint density at radius 2 is 1.61 bits per heavy atom. The van der Waals surface area contributed by atoms with Crippen LogP contribution in [0.2, 0.25) is 5.02 Å². The molecule has 28 heavy (non-hydrogen) atoms. The third-order valence-electron chi connectivity index (χ3n) is 3.84. The van der Waals surface area contributed by atoms with E-state index in [2.05, 4.69) is 15.5 Å². The molecule has 1 N–H and O–H groups in total.